The predicted octanol–water partition coefficient (Wildman–Crippen LogP) is 1.80. The first-order valence-electron chi connectivity index (χ1n) is 5.90. The van der Waals surface area contributed by atoms with Crippen LogP contribution in [0, 0.1) is 0 Å². The van der Waals surface area contributed by atoms with E-state index in [1.54, 1.807) is 11.8 Å². The molecule has 1 aromatic carbocycles. The van der Waals surface area contributed by atoms with Gasteiger partial charge in [0, 0.05) is 11.4 Å². The molecule has 96 valence electrons. The summed E-state index contributed by atoms with van der Waals surface area (Å²) in [5.41, 5.74) is 7.75. The van der Waals surface area contributed by atoms with Crippen molar-refractivity contribution >= 4 is 23.1 Å². The third-order valence-electron chi connectivity index (χ3n) is 2.91. The highest BCUT2D eigenvalue weighted by atomic mass is 32.2. The van der Waals surface area contributed by atoms with Gasteiger partial charge in [0.1, 0.15) is 12.4 Å². The lowest BCUT2D eigenvalue weighted by Crippen LogP contribution is -2.31. The monoisotopic (exact) mass is 263 g/mol. The van der Waals surface area contributed by atoms with Crippen LogP contribution in [0.15, 0.2) is 35.5 Å². The quantitative estimate of drug-likeness (QED) is 0.438. The molecule has 0 aliphatic heterocycles. The average Bonchev–Trinajstić information content (AvgIpc) is 2.77. The van der Waals surface area contributed by atoms with E-state index in [4.69, 9.17) is 5.73 Å². The Hall–Kier alpha value is -1.62. The number of hydrogen-bond acceptors (Lipinski definition) is 3. The maximum atomic E-state index is 5.95. The van der Waals surface area contributed by atoms with Gasteiger partial charge in [0.15, 0.2) is 0 Å². The number of nitrogens with zero attached hydrogens (tertiary/aromatic N) is 1. The average molecular weight is 263 g/mol. The fourth-order valence-corrected chi connectivity index (χ4v) is 2.26. The maximum absolute atomic E-state index is 5.95. The van der Waals surface area contributed by atoms with Crippen molar-refractivity contribution in [3.8, 4) is 0 Å². The van der Waals surface area contributed by atoms with Crippen molar-refractivity contribution in [3.63, 3.8) is 0 Å². The highest BCUT2D eigenvalue weighted by Gasteiger charge is 2.06. The maximum Gasteiger partial charge on any atom is 0.255 e. The van der Waals surface area contributed by atoms with Crippen LogP contribution in [0.25, 0.3) is 0 Å². The van der Waals surface area contributed by atoms with Gasteiger partial charge in [-0.25, -0.2) is 9.55 Å². The van der Waals surface area contributed by atoms with Crippen molar-refractivity contribution < 1.29 is 4.57 Å². The first-order chi connectivity index (χ1) is 8.70. The van der Waals surface area contributed by atoms with E-state index in [1.807, 2.05) is 31.6 Å². The minimum atomic E-state index is 0.795. The molecule has 4 N–H and O–H groups in total. The van der Waals surface area contributed by atoms with Crippen molar-refractivity contribution in [2.75, 3.05) is 23.9 Å². The lowest BCUT2D eigenvalue weighted by molar-refractivity contribution is -0.677. The zero-order valence-corrected chi connectivity index (χ0v) is 11.6. The zero-order chi connectivity index (χ0) is 13.0. The van der Waals surface area contributed by atoms with E-state index in [2.05, 4.69) is 27.2 Å². The Morgan fingerprint density at radius 3 is 2.94 bits per heavy atom. The van der Waals surface area contributed by atoms with Gasteiger partial charge in [-0.15, -0.1) is 11.8 Å². The molecule has 4 nitrogen and oxygen atoms in total. The zero-order valence-electron chi connectivity index (χ0n) is 10.7. The molecule has 0 saturated heterocycles. The first-order valence-corrected chi connectivity index (χ1v) is 7.12. The number of aromatic amines is 1. The van der Waals surface area contributed by atoms with Crippen LogP contribution in [-0.4, -0.2) is 17.8 Å². The van der Waals surface area contributed by atoms with Crippen molar-refractivity contribution in [1.82, 2.24) is 4.98 Å². The number of thioether (sulfide) groups is 1. The van der Waals surface area contributed by atoms with Crippen LogP contribution in [0.1, 0.15) is 5.82 Å². The number of aryl methyl sites for hydroxylation is 1. The summed E-state index contributed by atoms with van der Waals surface area (Å²) < 4.78 is 2.09. The first kappa shape index (κ1) is 12.8. The van der Waals surface area contributed by atoms with Crippen LogP contribution in [-0.2, 0) is 13.5 Å². The van der Waals surface area contributed by atoms with E-state index in [-0.39, 0.29) is 0 Å². The molecule has 0 fully saturated rings. The van der Waals surface area contributed by atoms with Crippen molar-refractivity contribution in [3.05, 3.63) is 36.4 Å². The summed E-state index contributed by atoms with van der Waals surface area (Å²) in [7, 11) is 2.04. The van der Waals surface area contributed by atoms with Gasteiger partial charge in [0.2, 0.25) is 0 Å². The minimum absolute atomic E-state index is 0.795. The second-order valence-electron chi connectivity index (χ2n) is 4.15. The summed E-state index contributed by atoms with van der Waals surface area (Å²) in [6, 6.07) is 6.08. The molecule has 0 aliphatic rings. The largest absolute Gasteiger partial charge is 0.397 e. The number of hydrogen-bond donors (Lipinski definition) is 3. The third kappa shape index (κ3) is 2.98. The van der Waals surface area contributed by atoms with Gasteiger partial charge in [-0.1, -0.05) is 0 Å². The van der Waals surface area contributed by atoms with Gasteiger partial charge in [0.05, 0.1) is 24.8 Å². The van der Waals surface area contributed by atoms with Crippen LogP contribution in [0.4, 0.5) is 11.4 Å². The number of rotatable bonds is 5. The summed E-state index contributed by atoms with van der Waals surface area (Å²) in [6.45, 7) is 0.858. The molecule has 2 rings (SSSR count). The van der Waals surface area contributed by atoms with Crippen LogP contribution >= 0.6 is 11.8 Å². The minimum Gasteiger partial charge on any atom is -0.397 e. The van der Waals surface area contributed by atoms with Crippen LogP contribution in [0.3, 0.4) is 0 Å². The van der Waals surface area contributed by atoms with E-state index in [0.717, 1.165) is 24.3 Å². The molecule has 0 radical (unpaired) electrons. The summed E-state index contributed by atoms with van der Waals surface area (Å²) >= 11 is 1.72. The molecule has 5 heteroatoms. The number of benzene rings is 1. The number of H-pyrrole nitrogens is 1. The molecule has 2 aromatic rings. The smallest absolute Gasteiger partial charge is 0.255 e. The second-order valence-corrected chi connectivity index (χ2v) is 5.03. The van der Waals surface area contributed by atoms with E-state index >= 15 is 0 Å². The van der Waals surface area contributed by atoms with E-state index in [9.17, 15) is 0 Å². The molecule has 0 amide bonds. The summed E-state index contributed by atoms with van der Waals surface area (Å²) in [4.78, 5) is 4.44. The topological polar surface area (TPSA) is 57.7 Å². The van der Waals surface area contributed by atoms with Gasteiger partial charge in [-0.3, -0.25) is 0 Å². The van der Waals surface area contributed by atoms with Gasteiger partial charge in [0.25, 0.3) is 5.82 Å². The highest BCUT2D eigenvalue weighted by Crippen LogP contribution is 2.24. The number of anilines is 2. The Morgan fingerprint density at radius 2 is 2.28 bits per heavy atom. The van der Waals surface area contributed by atoms with Crippen molar-refractivity contribution in [1.29, 1.82) is 0 Å². The lowest BCUT2D eigenvalue weighted by Gasteiger charge is -2.09. The fourth-order valence-electron chi connectivity index (χ4n) is 1.82. The molecule has 0 atom stereocenters. The number of aromatic nitrogens is 2. The van der Waals surface area contributed by atoms with Gasteiger partial charge in [-0.2, -0.15) is 0 Å². The van der Waals surface area contributed by atoms with Crippen LogP contribution < -0.4 is 15.6 Å². The van der Waals surface area contributed by atoms with E-state index in [1.165, 1.54) is 10.7 Å². The molecular formula is C13H19N4S+. The number of nitrogens with two attached hydrogens (primary N) is 1. The molecule has 0 aliphatic carbocycles. The lowest BCUT2D eigenvalue weighted by atomic mass is 10.2. The Bertz CT molecular complexity index is 521. The molecule has 1 aromatic heterocycles. The molecular weight excluding hydrogens is 244 g/mol. The molecule has 0 unspecified atom stereocenters. The summed E-state index contributed by atoms with van der Waals surface area (Å²) in [5, 5.41) is 3.38. The van der Waals surface area contributed by atoms with Gasteiger partial charge < -0.3 is 11.1 Å². The Balaban J connectivity index is 1.96. The molecule has 18 heavy (non-hydrogen) atoms. The second kappa shape index (κ2) is 5.82. The highest BCUT2D eigenvalue weighted by molar-refractivity contribution is 7.98. The normalized spacial score (nSPS) is 10.6. The van der Waals surface area contributed by atoms with Gasteiger partial charge in [-0.05, 0) is 24.5 Å². The molecule has 0 bridgehead atoms. The molecule has 0 saturated carbocycles. The number of nitrogens with one attached hydrogen (secondary N) is 2. The standard InChI is InChI=1S/C13H18N4S/c1-17-8-7-16-13(17)5-6-15-12-9-10(18-2)3-4-11(12)14/h3-4,7-9,15H,5-6,14H2,1-2H3/p+1. The number of imidazole rings is 1. The Kier molecular flexibility index (Phi) is 4.15. The Labute approximate surface area is 112 Å². The van der Waals surface area contributed by atoms with E-state index in [0.29, 0.717) is 0 Å². The fraction of sp³-hybridized carbons (Fsp3) is 0.308. The van der Waals surface area contributed by atoms with Gasteiger partial charge >= 0.3 is 0 Å². The number of nitrogen functional groups attached to an aromatic ring is 1. The van der Waals surface area contributed by atoms with E-state index < -0.39 is 0 Å². The molecule has 1 heterocycles. The summed E-state index contributed by atoms with van der Waals surface area (Å²) in [5.74, 6) is 1.20. The van der Waals surface area contributed by atoms with Crippen LogP contribution in [0.2, 0.25) is 0 Å². The third-order valence-corrected chi connectivity index (χ3v) is 3.64. The molecule has 0 spiro atoms. The SMILES string of the molecule is CSc1ccc(N)c(NCCc2[nH]cc[n+]2C)c1. The predicted molar refractivity (Wildman–Crippen MR) is 76.8 cm³/mol. The van der Waals surface area contributed by atoms with Crippen molar-refractivity contribution in [2.24, 2.45) is 7.05 Å². The van der Waals surface area contributed by atoms with Crippen molar-refractivity contribution in [2.45, 2.75) is 11.3 Å². The summed E-state index contributed by atoms with van der Waals surface area (Å²) in [6.07, 6.45) is 6.96. The van der Waals surface area contributed by atoms with Crippen LogP contribution in [0.5, 0.6) is 0 Å². The Morgan fingerprint density at radius 1 is 1.44 bits per heavy atom.